The summed E-state index contributed by atoms with van der Waals surface area (Å²) in [5.41, 5.74) is 2.94. The lowest BCUT2D eigenvalue weighted by molar-refractivity contribution is 0.0310. The SMILES string of the molecule is Cc1ccc(OC2CC3CC2N(C(=O)c2nc(C)ccc2-c2ncccn2)C3C)nc1. The van der Waals surface area contributed by atoms with Gasteiger partial charge in [0, 0.05) is 36.4 Å². The summed E-state index contributed by atoms with van der Waals surface area (Å²) in [6.45, 7) is 6.01. The predicted molar refractivity (Wildman–Crippen MR) is 116 cm³/mol. The maximum Gasteiger partial charge on any atom is 0.273 e. The zero-order valence-corrected chi connectivity index (χ0v) is 17.9. The monoisotopic (exact) mass is 415 g/mol. The van der Waals surface area contributed by atoms with Crippen molar-refractivity contribution < 1.29 is 9.53 Å². The van der Waals surface area contributed by atoms with Gasteiger partial charge in [0.15, 0.2) is 5.82 Å². The summed E-state index contributed by atoms with van der Waals surface area (Å²) in [4.78, 5) is 33.4. The van der Waals surface area contributed by atoms with Gasteiger partial charge in [-0.2, -0.15) is 0 Å². The lowest BCUT2D eigenvalue weighted by atomic mass is 9.98. The Morgan fingerprint density at radius 1 is 1.06 bits per heavy atom. The number of carbonyl (C=O) groups is 1. The molecule has 0 N–H and O–H groups in total. The van der Waals surface area contributed by atoms with Crippen LogP contribution in [0.3, 0.4) is 0 Å². The molecule has 4 atom stereocenters. The third-order valence-corrected chi connectivity index (χ3v) is 6.42. The first-order valence-corrected chi connectivity index (χ1v) is 10.7. The summed E-state index contributed by atoms with van der Waals surface area (Å²) in [7, 11) is 0. The average Bonchev–Trinajstić information content (AvgIpc) is 3.33. The van der Waals surface area contributed by atoms with Gasteiger partial charge in [0.1, 0.15) is 11.8 Å². The van der Waals surface area contributed by atoms with E-state index in [1.807, 2.05) is 43.0 Å². The van der Waals surface area contributed by atoms with E-state index in [2.05, 4.69) is 26.9 Å². The zero-order valence-electron chi connectivity index (χ0n) is 17.9. The fourth-order valence-electron chi connectivity index (χ4n) is 4.83. The van der Waals surface area contributed by atoms with E-state index in [-0.39, 0.29) is 24.1 Å². The van der Waals surface area contributed by atoms with Crippen molar-refractivity contribution in [1.29, 1.82) is 0 Å². The summed E-state index contributed by atoms with van der Waals surface area (Å²) < 4.78 is 6.22. The molecule has 7 heteroatoms. The molecular weight excluding hydrogens is 390 g/mol. The molecule has 31 heavy (non-hydrogen) atoms. The van der Waals surface area contributed by atoms with Crippen LogP contribution < -0.4 is 4.74 Å². The van der Waals surface area contributed by atoms with Gasteiger partial charge in [-0.3, -0.25) is 4.79 Å². The molecule has 1 saturated heterocycles. The Labute approximate surface area is 181 Å². The molecule has 0 spiro atoms. The molecule has 2 fully saturated rings. The van der Waals surface area contributed by atoms with Crippen LogP contribution in [0.5, 0.6) is 5.88 Å². The van der Waals surface area contributed by atoms with Crippen LogP contribution in [-0.2, 0) is 0 Å². The second-order valence-corrected chi connectivity index (χ2v) is 8.50. The number of nitrogens with zero attached hydrogens (tertiary/aromatic N) is 5. The maximum absolute atomic E-state index is 13.8. The van der Waals surface area contributed by atoms with E-state index in [1.54, 1.807) is 24.7 Å². The van der Waals surface area contributed by atoms with Gasteiger partial charge in [0.05, 0.1) is 11.6 Å². The standard InChI is InChI=1S/C24H25N5O2/c1-14-5-8-21(27-13-14)31-20-12-17-11-19(20)29(16(17)3)24(30)22-18(7-6-15(2)28-22)23-25-9-4-10-26-23/h4-10,13,16-17,19-20H,11-12H2,1-3H3. The van der Waals surface area contributed by atoms with Crippen molar-refractivity contribution in [3.8, 4) is 17.3 Å². The number of fused-ring (bicyclic) bond motifs is 2. The Morgan fingerprint density at radius 2 is 1.87 bits per heavy atom. The quantitative estimate of drug-likeness (QED) is 0.647. The molecule has 4 heterocycles. The number of aromatic nitrogens is 4. The molecule has 1 aliphatic heterocycles. The Balaban J connectivity index is 1.45. The van der Waals surface area contributed by atoms with Gasteiger partial charge in [-0.1, -0.05) is 6.07 Å². The number of piperidine rings is 1. The van der Waals surface area contributed by atoms with Crippen LogP contribution in [-0.4, -0.2) is 48.9 Å². The minimum absolute atomic E-state index is 0.00228. The number of amides is 1. The largest absolute Gasteiger partial charge is 0.472 e. The number of rotatable bonds is 4. The average molecular weight is 415 g/mol. The number of pyridine rings is 2. The minimum Gasteiger partial charge on any atom is -0.472 e. The van der Waals surface area contributed by atoms with Crippen LogP contribution in [0.1, 0.15) is 41.5 Å². The van der Waals surface area contributed by atoms with Gasteiger partial charge >= 0.3 is 0 Å². The lowest BCUT2D eigenvalue weighted by Gasteiger charge is -2.37. The predicted octanol–water partition coefficient (Wildman–Crippen LogP) is 3.62. The number of ether oxygens (including phenoxy) is 1. The molecule has 2 bridgehead atoms. The van der Waals surface area contributed by atoms with E-state index in [1.165, 1.54) is 0 Å². The van der Waals surface area contributed by atoms with Gasteiger partial charge in [-0.25, -0.2) is 19.9 Å². The van der Waals surface area contributed by atoms with Crippen molar-refractivity contribution in [3.05, 3.63) is 65.9 Å². The van der Waals surface area contributed by atoms with Crippen LogP contribution >= 0.6 is 0 Å². The number of aryl methyl sites for hydroxylation is 2. The topological polar surface area (TPSA) is 81.1 Å². The molecule has 2 aliphatic rings. The van der Waals surface area contributed by atoms with Gasteiger partial charge in [-0.05, 0) is 63.3 Å². The van der Waals surface area contributed by atoms with Gasteiger partial charge in [0.25, 0.3) is 5.91 Å². The van der Waals surface area contributed by atoms with Gasteiger partial charge in [-0.15, -0.1) is 0 Å². The van der Waals surface area contributed by atoms with E-state index in [0.29, 0.717) is 28.9 Å². The molecule has 0 aromatic carbocycles. The van der Waals surface area contributed by atoms with E-state index < -0.39 is 0 Å². The highest BCUT2D eigenvalue weighted by atomic mass is 16.5. The maximum atomic E-state index is 13.8. The Hall–Kier alpha value is -3.35. The molecule has 1 saturated carbocycles. The van der Waals surface area contributed by atoms with Crippen molar-refractivity contribution in [1.82, 2.24) is 24.8 Å². The van der Waals surface area contributed by atoms with Crippen molar-refractivity contribution in [2.45, 2.75) is 51.8 Å². The summed E-state index contributed by atoms with van der Waals surface area (Å²) in [5, 5.41) is 0. The first-order valence-electron chi connectivity index (χ1n) is 10.7. The van der Waals surface area contributed by atoms with Crippen molar-refractivity contribution >= 4 is 5.91 Å². The molecule has 158 valence electrons. The van der Waals surface area contributed by atoms with E-state index >= 15 is 0 Å². The Bertz CT molecular complexity index is 1100. The van der Waals surface area contributed by atoms with Crippen LogP contribution in [0, 0.1) is 19.8 Å². The number of likely N-dealkylation sites (tertiary alicyclic amines) is 1. The third-order valence-electron chi connectivity index (χ3n) is 6.42. The summed E-state index contributed by atoms with van der Waals surface area (Å²) in [6.07, 6.45) is 6.95. The Morgan fingerprint density at radius 3 is 2.58 bits per heavy atom. The van der Waals surface area contributed by atoms with E-state index in [9.17, 15) is 4.79 Å². The first-order chi connectivity index (χ1) is 15.0. The highest BCUT2D eigenvalue weighted by Gasteiger charge is 2.53. The minimum atomic E-state index is -0.0867. The highest BCUT2D eigenvalue weighted by molar-refractivity contribution is 5.99. The Kier molecular flexibility index (Phi) is 4.88. The molecule has 5 rings (SSSR count). The summed E-state index contributed by atoms with van der Waals surface area (Å²) >= 11 is 0. The second kappa shape index (κ2) is 7.72. The molecule has 1 aliphatic carbocycles. The van der Waals surface area contributed by atoms with Crippen molar-refractivity contribution in [2.75, 3.05) is 0 Å². The molecule has 3 aromatic rings. The molecule has 1 amide bonds. The second-order valence-electron chi connectivity index (χ2n) is 8.50. The van der Waals surface area contributed by atoms with Crippen LogP contribution in [0.25, 0.3) is 11.4 Å². The van der Waals surface area contributed by atoms with Crippen LogP contribution in [0.2, 0.25) is 0 Å². The summed E-state index contributed by atoms with van der Waals surface area (Å²) in [6, 6.07) is 9.55. The fourth-order valence-corrected chi connectivity index (χ4v) is 4.83. The smallest absolute Gasteiger partial charge is 0.273 e. The fraction of sp³-hybridized carbons (Fsp3) is 0.375. The first kappa shape index (κ1) is 19.6. The lowest BCUT2D eigenvalue weighted by Crippen LogP contribution is -2.51. The number of hydrogen-bond acceptors (Lipinski definition) is 6. The molecular formula is C24H25N5O2. The summed E-state index contributed by atoms with van der Waals surface area (Å²) in [5.74, 6) is 1.43. The molecule has 7 nitrogen and oxygen atoms in total. The van der Waals surface area contributed by atoms with Gasteiger partial charge < -0.3 is 9.64 Å². The number of carbonyl (C=O) groups excluding carboxylic acids is 1. The highest BCUT2D eigenvalue weighted by Crippen LogP contribution is 2.44. The van der Waals surface area contributed by atoms with Gasteiger partial charge in [0.2, 0.25) is 5.88 Å². The van der Waals surface area contributed by atoms with Crippen LogP contribution in [0.4, 0.5) is 0 Å². The van der Waals surface area contributed by atoms with E-state index in [4.69, 9.17) is 4.74 Å². The molecule has 4 unspecified atom stereocenters. The van der Waals surface area contributed by atoms with Crippen molar-refractivity contribution in [2.24, 2.45) is 5.92 Å². The normalized spacial score (nSPS) is 24.4. The number of hydrogen-bond donors (Lipinski definition) is 0. The van der Waals surface area contributed by atoms with E-state index in [0.717, 1.165) is 24.1 Å². The zero-order chi connectivity index (χ0) is 21.5. The van der Waals surface area contributed by atoms with Crippen LogP contribution in [0.15, 0.2) is 48.9 Å². The van der Waals surface area contributed by atoms with Crippen molar-refractivity contribution in [3.63, 3.8) is 0 Å². The third kappa shape index (κ3) is 3.54. The molecule has 0 radical (unpaired) electrons. The molecule has 3 aromatic heterocycles.